The highest BCUT2D eigenvalue weighted by Crippen LogP contribution is 2.41. The predicted octanol–water partition coefficient (Wildman–Crippen LogP) is 7.54. The van der Waals surface area contributed by atoms with Crippen LogP contribution in [-0.4, -0.2) is 0 Å². The average Bonchev–Trinajstić information content (AvgIpc) is 3.17. The van der Waals surface area contributed by atoms with Gasteiger partial charge in [0, 0.05) is 22.0 Å². The maximum absolute atomic E-state index is 8.56. The Balaban J connectivity index is 1.57. The Hall–Kier alpha value is -4.01. The van der Waals surface area contributed by atoms with Crippen molar-refractivity contribution in [3.63, 3.8) is 0 Å². The van der Waals surface area contributed by atoms with Crippen molar-refractivity contribution in [2.24, 2.45) is 5.11 Å². The summed E-state index contributed by atoms with van der Waals surface area (Å²) in [6.45, 7) is 0.360. The molecule has 0 heterocycles. The van der Waals surface area contributed by atoms with Crippen molar-refractivity contribution in [2.75, 3.05) is 4.90 Å². The molecule has 1 aliphatic rings. The lowest BCUT2D eigenvalue weighted by Crippen LogP contribution is -2.10. The van der Waals surface area contributed by atoms with Crippen molar-refractivity contribution in [3.05, 3.63) is 124 Å². The van der Waals surface area contributed by atoms with Gasteiger partial charge in [-0.2, -0.15) is 0 Å². The summed E-state index contributed by atoms with van der Waals surface area (Å²) in [5.41, 5.74) is 18.3. The summed E-state index contributed by atoms with van der Waals surface area (Å²) >= 11 is 0. The molecule has 0 saturated carbocycles. The minimum absolute atomic E-state index is 0.360. The summed E-state index contributed by atoms with van der Waals surface area (Å²) in [6, 6.07) is 34.0. The molecule has 0 N–H and O–H groups in total. The molecule has 0 amide bonds. The third-order valence-electron chi connectivity index (χ3n) is 5.56. The number of hydrogen-bond acceptors (Lipinski definition) is 2. The van der Waals surface area contributed by atoms with Gasteiger partial charge in [-0.05, 0) is 76.2 Å². The van der Waals surface area contributed by atoms with Gasteiger partial charge < -0.3 is 4.90 Å². The molecule has 0 unspecified atom stereocenters. The number of benzene rings is 4. The fourth-order valence-corrected chi connectivity index (χ4v) is 4.16. The van der Waals surface area contributed by atoms with Crippen LogP contribution in [0.5, 0.6) is 0 Å². The molecule has 0 aliphatic heterocycles. The zero-order valence-corrected chi connectivity index (χ0v) is 16.4. The summed E-state index contributed by atoms with van der Waals surface area (Å²) in [7, 11) is 0. The molecule has 4 aromatic rings. The molecule has 0 bridgehead atoms. The van der Waals surface area contributed by atoms with E-state index in [0.29, 0.717) is 6.54 Å². The highest BCUT2D eigenvalue weighted by atomic mass is 15.1. The van der Waals surface area contributed by atoms with Crippen molar-refractivity contribution >= 4 is 17.1 Å². The molecule has 0 fully saturated rings. The van der Waals surface area contributed by atoms with Crippen LogP contribution in [0.4, 0.5) is 17.1 Å². The molecule has 0 spiro atoms. The van der Waals surface area contributed by atoms with Gasteiger partial charge in [-0.3, -0.25) is 0 Å². The van der Waals surface area contributed by atoms with Crippen LogP contribution in [0.3, 0.4) is 0 Å². The zero-order valence-electron chi connectivity index (χ0n) is 16.4. The van der Waals surface area contributed by atoms with Crippen molar-refractivity contribution in [3.8, 4) is 11.1 Å². The van der Waals surface area contributed by atoms with E-state index >= 15 is 0 Å². The Kier molecular flexibility index (Phi) is 4.68. The summed E-state index contributed by atoms with van der Waals surface area (Å²) < 4.78 is 0. The molecule has 4 aromatic carbocycles. The quantitative estimate of drug-likeness (QED) is 0.174. The van der Waals surface area contributed by atoms with Crippen molar-refractivity contribution in [1.82, 2.24) is 0 Å². The lowest BCUT2D eigenvalue weighted by Gasteiger charge is -2.26. The summed E-state index contributed by atoms with van der Waals surface area (Å²) in [6.07, 6.45) is 0.965. The first kappa shape index (κ1) is 18.0. The lowest BCUT2D eigenvalue weighted by atomic mass is 10.0. The molecule has 5 rings (SSSR count). The third kappa shape index (κ3) is 3.30. The second-order valence-electron chi connectivity index (χ2n) is 7.40. The maximum Gasteiger partial charge on any atom is 0.0510 e. The molecule has 144 valence electrons. The summed E-state index contributed by atoms with van der Waals surface area (Å²) in [4.78, 5) is 5.11. The molecule has 4 nitrogen and oxygen atoms in total. The molecule has 0 atom stereocenters. The Bertz CT molecular complexity index is 1240. The van der Waals surface area contributed by atoms with Crippen LogP contribution in [0.15, 0.2) is 102 Å². The molecular weight excluding hydrogens is 368 g/mol. The van der Waals surface area contributed by atoms with Gasteiger partial charge in [0.15, 0.2) is 0 Å². The van der Waals surface area contributed by atoms with Crippen LogP contribution in [-0.2, 0) is 13.0 Å². The second kappa shape index (κ2) is 7.78. The van der Waals surface area contributed by atoms with E-state index in [4.69, 9.17) is 5.53 Å². The number of hydrogen-bond donors (Lipinski definition) is 0. The summed E-state index contributed by atoms with van der Waals surface area (Å²) in [5, 5.41) is 3.66. The zero-order chi connectivity index (χ0) is 20.3. The monoisotopic (exact) mass is 388 g/mol. The molecular formula is C26H20N4. The van der Waals surface area contributed by atoms with Crippen LogP contribution >= 0.6 is 0 Å². The first-order chi connectivity index (χ1) is 14.8. The van der Waals surface area contributed by atoms with Crippen molar-refractivity contribution in [2.45, 2.75) is 13.0 Å². The summed E-state index contributed by atoms with van der Waals surface area (Å²) in [5.74, 6) is 0. The Morgan fingerprint density at radius 3 is 2.17 bits per heavy atom. The van der Waals surface area contributed by atoms with Crippen LogP contribution in [0.2, 0.25) is 0 Å². The fourth-order valence-electron chi connectivity index (χ4n) is 4.16. The largest absolute Gasteiger partial charge is 0.310 e. The lowest BCUT2D eigenvalue weighted by molar-refractivity contribution is 1.05. The highest BCUT2D eigenvalue weighted by molar-refractivity contribution is 5.83. The smallest absolute Gasteiger partial charge is 0.0510 e. The standard InChI is InChI=1S/C26H20N4/c27-29-28-18-19-10-12-23(13-11-19)30(22-7-2-1-3-8-22)24-14-15-26-21(17-24)16-20-6-4-5-9-25(20)26/h1-15,17H,16,18H2. The molecule has 30 heavy (non-hydrogen) atoms. The van der Waals surface area contributed by atoms with Gasteiger partial charge in [0.25, 0.3) is 0 Å². The molecule has 0 radical (unpaired) electrons. The SMILES string of the molecule is [N-]=[N+]=NCc1ccc(N(c2ccccc2)c2ccc3c(c2)Cc2ccccc2-3)cc1. The van der Waals surface area contributed by atoms with Gasteiger partial charge in [0.2, 0.25) is 0 Å². The third-order valence-corrected chi connectivity index (χ3v) is 5.56. The molecule has 0 aromatic heterocycles. The van der Waals surface area contributed by atoms with E-state index in [0.717, 1.165) is 29.0 Å². The van der Waals surface area contributed by atoms with Gasteiger partial charge in [-0.1, -0.05) is 65.8 Å². The van der Waals surface area contributed by atoms with E-state index in [9.17, 15) is 0 Å². The number of azide groups is 1. The Labute approximate surface area is 175 Å². The van der Waals surface area contributed by atoms with E-state index in [1.54, 1.807) is 0 Å². The number of fused-ring (bicyclic) bond motifs is 3. The number of anilines is 3. The first-order valence-electron chi connectivity index (χ1n) is 10.00. The first-order valence-corrected chi connectivity index (χ1v) is 10.00. The Morgan fingerprint density at radius 2 is 1.37 bits per heavy atom. The average molecular weight is 388 g/mol. The number of rotatable bonds is 5. The van der Waals surface area contributed by atoms with Gasteiger partial charge >= 0.3 is 0 Å². The van der Waals surface area contributed by atoms with E-state index in [2.05, 4.69) is 93.8 Å². The highest BCUT2D eigenvalue weighted by Gasteiger charge is 2.20. The van der Waals surface area contributed by atoms with Gasteiger partial charge in [-0.25, -0.2) is 0 Å². The molecule has 0 saturated heterocycles. The Morgan fingerprint density at radius 1 is 0.700 bits per heavy atom. The van der Waals surface area contributed by atoms with E-state index in [1.807, 2.05) is 18.2 Å². The predicted molar refractivity (Wildman–Crippen MR) is 122 cm³/mol. The fraction of sp³-hybridized carbons (Fsp3) is 0.0769. The molecule has 1 aliphatic carbocycles. The van der Waals surface area contributed by atoms with Gasteiger partial charge in [-0.15, -0.1) is 0 Å². The van der Waals surface area contributed by atoms with Crippen LogP contribution in [0, 0.1) is 0 Å². The van der Waals surface area contributed by atoms with Crippen LogP contribution in [0.25, 0.3) is 21.6 Å². The van der Waals surface area contributed by atoms with Gasteiger partial charge in [0.05, 0.1) is 6.54 Å². The minimum atomic E-state index is 0.360. The van der Waals surface area contributed by atoms with Crippen LogP contribution in [0.1, 0.15) is 16.7 Å². The van der Waals surface area contributed by atoms with Crippen molar-refractivity contribution < 1.29 is 0 Å². The van der Waals surface area contributed by atoms with Gasteiger partial charge in [0.1, 0.15) is 0 Å². The molecule has 4 heteroatoms. The number of nitrogens with zero attached hydrogens (tertiary/aromatic N) is 4. The minimum Gasteiger partial charge on any atom is -0.310 e. The van der Waals surface area contributed by atoms with E-state index in [1.165, 1.54) is 22.3 Å². The van der Waals surface area contributed by atoms with Crippen molar-refractivity contribution in [1.29, 1.82) is 0 Å². The van der Waals surface area contributed by atoms with E-state index < -0.39 is 0 Å². The second-order valence-corrected chi connectivity index (χ2v) is 7.40. The van der Waals surface area contributed by atoms with Crippen LogP contribution < -0.4 is 4.90 Å². The topological polar surface area (TPSA) is 52.0 Å². The van der Waals surface area contributed by atoms with E-state index in [-0.39, 0.29) is 0 Å². The number of para-hydroxylation sites is 1. The maximum atomic E-state index is 8.56. The normalized spacial score (nSPS) is 11.3.